The number of ether oxygens (including phenoxy) is 2. The quantitative estimate of drug-likeness (QED) is 0.708. The van der Waals surface area contributed by atoms with Gasteiger partial charge in [-0.15, -0.1) is 0 Å². The first-order chi connectivity index (χ1) is 7.68. The number of hydrogen-bond acceptors (Lipinski definition) is 2. The van der Waals surface area contributed by atoms with Crippen LogP contribution >= 0.6 is 15.9 Å². The minimum Gasteiger partial charge on any atom is -0.491 e. The van der Waals surface area contributed by atoms with E-state index in [1.165, 1.54) is 0 Å². The summed E-state index contributed by atoms with van der Waals surface area (Å²) in [5.74, 6) is 1.58. The maximum Gasteiger partial charge on any atom is 0.120 e. The molecule has 2 nitrogen and oxygen atoms in total. The Balaban J connectivity index is 2.07. The number of benzene rings is 1. The van der Waals surface area contributed by atoms with Crippen LogP contribution in [0.15, 0.2) is 28.7 Å². The van der Waals surface area contributed by atoms with Crippen molar-refractivity contribution in [1.29, 1.82) is 0 Å². The van der Waals surface area contributed by atoms with Gasteiger partial charge in [0.1, 0.15) is 12.4 Å². The minimum atomic E-state index is 0.606. The standard InChI is InChI=1S/C13H19BrO2/c1-11(2)6-7-15-8-9-16-13-5-3-4-12(14)10-13/h3-5,10-11H,6-9H2,1-2H3. The molecule has 16 heavy (non-hydrogen) atoms. The van der Waals surface area contributed by atoms with Crippen LogP contribution in [0.1, 0.15) is 20.3 Å². The Bertz CT molecular complexity index is 300. The topological polar surface area (TPSA) is 18.5 Å². The van der Waals surface area contributed by atoms with Gasteiger partial charge in [0.05, 0.1) is 6.61 Å². The molecule has 1 aromatic carbocycles. The fourth-order valence-corrected chi connectivity index (χ4v) is 1.57. The highest BCUT2D eigenvalue weighted by molar-refractivity contribution is 9.10. The third kappa shape index (κ3) is 6.13. The molecule has 0 N–H and O–H groups in total. The third-order valence-corrected chi connectivity index (χ3v) is 2.63. The summed E-state index contributed by atoms with van der Waals surface area (Å²) in [4.78, 5) is 0. The van der Waals surface area contributed by atoms with Gasteiger partial charge in [-0.2, -0.15) is 0 Å². The van der Waals surface area contributed by atoms with Gasteiger partial charge in [0, 0.05) is 11.1 Å². The highest BCUT2D eigenvalue weighted by atomic mass is 79.9. The van der Waals surface area contributed by atoms with Gasteiger partial charge >= 0.3 is 0 Å². The molecule has 0 unspecified atom stereocenters. The highest BCUT2D eigenvalue weighted by Gasteiger charge is 1.96. The zero-order chi connectivity index (χ0) is 11.8. The Labute approximate surface area is 106 Å². The Morgan fingerprint density at radius 1 is 1.19 bits per heavy atom. The van der Waals surface area contributed by atoms with E-state index in [-0.39, 0.29) is 0 Å². The second-order valence-electron chi connectivity index (χ2n) is 4.10. The summed E-state index contributed by atoms with van der Waals surface area (Å²) >= 11 is 3.40. The molecule has 0 aliphatic carbocycles. The first-order valence-corrected chi connectivity index (χ1v) is 6.44. The summed E-state index contributed by atoms with van der Waals surface area (Å²) < 4.78 is 12.0. The molecule has 1 rings (SSSR count). The second-order valence-corrected chi connectivity index (χ2v) is 5.02. The molecule has 0 atom stereocenters. The van der Waals surface area contributed by atoms with Crippen molar-refractivity contribution in [2.24, 2.45) is 5.92 Å². The van der Waals surface area contributed by atoms with Crippen LogP contribution in [0.25, 0.3) is 0 Å². The molecule has 90 valence electrons. The number of hydrogen-bond donors (Lipinski definition) is 0. The summed E-state index contributed by atoms with van der Waals surface area (Å²) in [6.45, 7) is 6.47. The van der Waals surface area contributed by atoms with Gasteiger partial charge in [-0.3, -0.25) is 0 Å². The van der Waals surface area contributed by atoms with Crippen LogP contribution in [0.5, 0.6) is 5.75 Å². The van der Waals surface area contributed by atoms with Crippen LogP contribution < -0.4 is 4.74 Å². The molecule has 1 aromatic rings. The average molecular weight is 287 g/mol. The molecule has 0 aliphatic heterocycles. The van der Waals surface area contributed by atoms with E-state index in [4.69, 9.17) is 9.47 Å². The fourth-order valence-electron chi connectivity index (χ4n) is 1.20. The molecule has 0 amide bonds. The molecule has 0 saturated carbocycles. The van der Waals surface area contributed by atoms with E-state index in [0.29, 0.717) is 19.1 Å². The maximum atomic E-state index is 5.54. The van der Waals surface area contributed by atoms with Crippen LogP contribution in [0.2, 0.25) is 0 Å². The van der Waals surface area contributed by atoms with Gasteiger partial charge in [-0.05, 0) is 30.5 Å². The van der Waals surface area contributed by atoms with E-state index in [0.717, 1.165) is 23.2 Å². The lowest BCUT2D eigenvalue weighted by Gasteiger charge is -2.08. The van der Waals surface area contributed by atoms with Crippen molar-refractivity contribution >= 4 is 15.9 Å². The van der Waals surface area contributed by atoms with Crippen LogP contribution in [0.3, 0.4) is 0 Å². The van der Waals surface area contributed by atoms with E-state index in [1.54, 1.807) is 0 Å². The predicted molar refractivity (Wildman–Crippen MR) is 69.9 cm³/mol. The van der Waals surface area contributed by atoms with Gasteiger partial charge in [0.15, 0.2) is 0 Å². The van der Waals surface area contributed by atoms with Crippen molar-refractivity contribution in [2.45, 2.75) is 20.3 Å². The molecule has 0 saturated heterocycles. The van der Waals surface area contributed by atoms with Gasteiger partial charge in [-0.1, -0.05) is 35.8 Å². The molecule has 0 radical (unpaired) electrons. The maximum absolute atomic E-state index is 5.54. The fraction of sp³-hybridized carbons (Fsp3) is 0.538. The summed E-state index contributed by atoms with van der Waals surface area (Å²) in [7, 11) is 0. The lowest BCUT2D eigenvalue weighted by atomic mass is 10.1. The second kappa shape index (κ2) is 7.69. The van der Waals surface area contributed by atoms with Crippen LogP contribution in [0.4, 0.5) is 0 Å². The molecular formula is C13H19BrO2. The Kier molecular flexibility index (Phi) is 6.50. The van der Waals surface area contributed by atoms with Crippen molar-refractivity contribution in [3.05, 3.63) is 28.7 Å². The van der Waals surface area contributed by atoms with Crippen LogP contribution in [0, 0.1) is 5.92 Å². The Morgan fingerprint density at radius 2 is 2.00 bits per heavy atom. The third-order valence-electron chi connectivity index (χ3n) is 2.13. The lowest BCUT2D eigenvalue weighted by molar-refractivity contribution is 0.0925. The number of rotatable bonds is 7. The van der Waals surface area contributed by atoms with Crippen molar-refractivity contribution in [3.63, 3.8) is 0 Å². The van der Waals surface area contributed by atoms with Crippen molar-refractivity contribution in [1.82, 2.24) is 0 Å². The molecule has 0 fully saturated rings. The zero-order valence-corrected chi connectivity index (χ0v) is 11.5. The molecule has 0 heterocycles. The first kappa shape index (κ1) is 13.5. The summed E-state index contributed by atoms with van der Waals surface area (Å²) in [5.41, 5.74) is 0. The number of halogens is 1. The van der Waals surface area contributed by atoms with Gasteiger partial charge in [0.2, 0.25) is 0 Å². The Morgan fingerprint density at radius 3 is 2.69 bits per heavy atom. The highest BCUT2D eigenvalue weighted by Crippen LogP contribution is 2.17. The molecule has 3 heteroatoms. The zero-order valence-electron chi connectivity index (χ0n) is 9.91. The van der Waals surface area contributed by atoms with Crippen molar-refractivity contribution < 1.29 is 9.47 Å². The lowest BCUT2D eigenvalue weighted by Crippen LogP contribution is -2.08. The minimum absolute atomic E-state index is 0.606. The largest absolute Gasteiger partial charge is 0.491 e. The van der Waals surface area contributed by atoms with E-state index < -0.39 is 0 Å². The monoisotopic (exact) mass is 286 g/mol. The van der Waals surface area contributed by atoms with E-state index >= 15 is 0 Å². The molecule has 0 aromatic heterocycles. The summed E-state index contributed by atoms with van der Waals surface area (Å²) in [6.07, 6.45) is 1.11. The van der Waals surface area contributed by atoms with Crippen LogP contribution in [-0.4, -0.2) is 19.8 Å². The van der Waals surface area contributed by atoms with E-state index in [9.17, 15) is 0 Å². The molecule has 0 spiro atoms. The summed E-state index contributed by atoms with van der Waals surface area (Å²) in [6, 6.07) is 7.83. The van der Waals surface area contributed by atoms with E-state index in [2.05, 4.69) is 29.8 Å². The van der Waals surface area contributed by atoms with Gasteiger partial charge in [0.25, 0.3) is 0 Å². The predicted octanol–water partition coefficient (Wildman–Crippen LogP) is 3.89. The van der Waals surface area contributed by atoms with Gasteiger partial charge < -0.3 is 9.47 Å². The Hall–Kier alpha value is -0.540. The molecular weight excluding hydrogens is 268 g/mol. The molecule has 0 bridgehead atoms. The SMILES string of the molecule is CC(C)CCOCCOc1cccc(Br)c1. The smallest absolute Gasteiger partial charge is 0.120 e. The van der Waals surface area contributed by atoms with Crippen LogP contribution in [-0.2, 0) is 4.74 Å². The van der Waals surface area contributed by atoms with Gasteiger partial charge in [-0.25, -0.2) is 0 Å². The normalized spacial score (nSPS) is 10.8. The first-order valence-electron chi connectivity index (χ1n) is 5.64. The average Bonchev–Trinajstić information content (AvgIpc) is 2.23. The van der Waals surface area contributed by atoms with E-state index in [1.807, 2.05) is 24.3 Å². The summed E-state index contributed by atoms with van der Waals surface area (Å²) in [5, 5.41) is 0. The molecule has 0 aliphatic rings. The van der Waals surface area contributed by atoms with Crippen molar-refractivity contribution in [2.75, 3.05) is 19.8 Å². The van der Waals surface area contributed by atoms with Crippen molar-refractivity contribution in [3.8, 4) is 5.75 Å².